The van der Waals surface area contributed by atoms with E-state index in [1.54, 1.807) is 17.0 Å². The number of likely N-dealkylation sites (tertiary alicyclic amines) is 1. The van der Waals surface area contributed by atoms with E-state index in [4.69, 9.17) is 4.74 Å². The Labute approximate surface area is 206 Å². The first kappa shape index (κ1) is 22.4. The third-order valence-corrected chi connectivity index (χ3v) is 8.97. The van der Waals surface area contributed by atoms with Gasteiger partial charge in [-0.2, -0.15) is 0 Å². The smallest absolute Gasteiger partial charge is 0.246 e. The van der Waals surface area contributed by atoms with Crippen molar-refractivity contribution in [1.29, 1.82) is 0 Å². The third-order valence-electron chi connectivity index (χ3n) is 8.97. The van der Waals surface area contributed by atoms with Crippen LogP contribution in [0.1, 0.15) is 36.0 Å². The van der Waals surface area contributed by atoms with Gasteiger partial charge in [-0.05, 0) is 55.5 Å². The molecule has 35 heavy (non-hydrogen) atoms. The topological polar surface area (TPSA) is 73.2 Å². The van der Waals surface area contributed by atoms with Crippen LogP contribution in [-0.4, -0.2) is 69.8 Å². The molecule has 0 radical (unpaired) electrons. The normalized spacial score (nSPS) is 32.7. The molecule has 1 saturated heterocycles. The van der Waals surface area contributed by atoms with Crippen LogP contribution in [0.4, 0.5) is 0 Å². The molecule has 2 aromatic carbocycles. The van der Waals surface area contributed by atoms with Crippen molar-refractivity contribution < 1.29 is 19.7 Å². The van der Waals surface area contributed by atoms with E-state index < -0.39 is 17.1 Å². The summed E-state index contributed by atoms with van der Waals surface area (Å²) in [6.07, 6.45) is 7.54. The maximum absolute atomic E-state index is 13.2. The Hall–Kier alpha value is -3.09. The van der Waals surface area contributed by atoms with Crippen molar-refractivity contribution in [3.05, 3.63) is 77.9 Å². The van der Waals surface area contributed by atoms with Crippen molar-refractivity contribution >= 4 is 12.0 Å². The monoisotopic (exact) mass is 472 g/mol. The molecule has 5 atom stereocenters. The quantitative estimate of drug-likeness (QED) is 0.516. The minimum atomic E-state index is -0.995. The fraction of sp³-hybridized carbons (Fsp3) is 0.414. The number of hydrogen-bond acceptors (Lipinski definition) is 5. The number of carbonyl (C=O) groups is 1. The molecule has 6 heteroatoms. The minimum absolute atomic E-state index is 0.0525. The van der Waals surface area contributed by atoms with Crippen LogP contribution in [0.5, 0.6) is 11.5 Å². The van der Waals surface area contributed by atoms with Gasteiger partial charge in [0, 0.05) is 31.3 Å². The van der Waals surface area contributed by atoms with Gasteiger partial charge < -0.3 is 19.8 Å². The first-order valence-corrected chi connectivity index (χ1v) is 12.5. The fourth-order valence-electron chi connectivity index (χ4n) is 7.40. The first-order valence-electron chi connectivity index (χ1n) is 12.5. The van der Waals surface area contributed by atoms with Crippen LogP contribution in [0, 0.1) is 0 Å². The molecule has 4 aliphatic rings. The number of piperidine rings is 1. The third kappa shape index (κ3) is 2.99. The lowest BCUT2D eigenvalue weighted by atomic mass is 9.48. The van der Waals surface area contributed by atoms with Gasteiger partial charge in [0.25, 0.3) is 0 Å². The van der Waals surface area contributed by atoms with Crippen molar-refractivity contribution in [1.82, 2.24) is 9.80 Å². The van der Waals surface area contributed by atoms with E-state index in [1.807, 2.05) is 55.6 Å². The molecular weight excluding hydrogens is 440 g/mol. The van der Waals surface area contributed by atoms with E-state index >= 15 is 0 Å². The van der Waals surface area contributed by atoms with Gasteiger partial charge in [-0.15, -0.1) is 6.58 Å². The van der Waals surface area contributed by atoms with E-state index in [-0.39, 0.29) is 23.7 Å². The number of aliphatic hydroxyl groups is 1. The number of nitrogens with zero attached hydrogens (tertiary/aromatic N) is 2. The first-order chi connectivity index (χ1) is 16.9. The summed E-state index contributed by atoms with van der Waals surface area (Å²) in [6.45, 7) is 5.46. The van der Waals surface area contributed by atoms with Crippen molar-refractivity contribution in [2.24, 2.45) is 0 Å². The molecule has 6 rings (SSSR count). The van der Waals surface area contributed by atoms with E-state index in [0.717, 1.165) is 29.8 Å². The Morgan fingerprint density at radius 3 is 2.83 bits per heavy atom. The molecule has 2 bridgehead atoms. The highest BCUT2D eigenvalue weighted by molar-refractivity contribution is 5.92. The number of aromatic hydroxyl groups is 1. The highest BCUT2D eigenvalue weighted by atomic mass is 16.5. The predicted octanol–water partition coefficient (Wildman–Crippen LogP) is 3.27. The molecular formula is C29H32N2O4. The van der Waals surface area contributed by atoms with Crippen molar-refractivity contribution in [2.45, 2.75) is 54.9 Å². The SMILES string of the molecule is C=CCN1CC[C@]23c4c5ccc(O)c4O[C@H]2[C@@H](N(C)C(=O)C=Cc2ccccc2)CC[C@@]3(O)[C@H]1C5. The largest absolute Gasteiger partial charge is 0.504 e. The number of benzene rings is 2. The van der Waals surface area contributed by atoms with Crippen LogP contribution in [0.25, 0.3) is 6.08 Å². The van der Waals surface area contributed by atoms with Gasteiger partial charge in [-0.3, -0.25) is 9.69 Å². The summed E-state index contributed by atoms with van der Waals surface area (Å²) >= 11 is 0. The average Bonchev–Trinajstić information content (AvgIpc) is 3.22. The zero-order valence-corrected chi connectivity index (χ0v) is 20.1. The number of likely N-dealkylation sites (N-methyl/N-ethyl adjacent to an activating group) is 1. The number of rotatable bonds is 5. The number of amides is 1. The molecule has 2 heterocycles. The molecule has 1 spiro atoms. The zero-order chi connectivity index (χ0) is 24.4. The summed E-state index contributed by atoms with van der Waals surface area (Å²) in [7, 11) is 1.82. The minimum Gasteiger partial charge on any atom is -0.504 e. The Balaban J connectivity index is 1.39. The van der Waals surface area contributed by atoms with E-state index in [9.17, 15) is 15.0 Å². The second-order valence-corrected chi connectivity index (χ2v) is 10.4. The lowest BCUT2D eigenvalue weighted by Gasteiger charge is -2.64. The summed E-state index contributed by atoms with van der Waals surface area (Å²) in [5.74, 6) is 0.508. The van der Waals surface area contributed by atoms with Crippen LogP contribution >= 0.6 is 0 Å². The number of phenols is 1. The number of ether oxygens (including phenoxy) is 1. The molecule has 1 saturated carbocycles. The fourth-order valence-corrected chi connectivity index (χ4v) is 7.40. The zero-order valence-electron chi connectivity index (χ0n) is 20.1. The van der Waals surface area contributed by atoms with E-state index in [2.05, 4.69) is 11.5 Å². The van der Waals surface area contributed by atoms with Crippen LogP contribution in [0.2, 0.25) is 0 Å². The maximum Gasteiger partial charge on any atom is 0.246 e. The van der Waals surface area contributed by atoms with Crippen LogP contribution < -0.4 is 4.74 Å². The standard InChI is InChI=1S/C29H32N2O4/c1-3-16-31-17-15-28-25-20-10-11-22(32)26(25)35-27(28)21(13-14-29(28,34)23(31)18-20)30(2)24(33)12-9-19-7-5-4-6-8-19/h3-12,21,23,27,32,34H,1,13-18H2,2H3/t21-,23+,27-,28-,29+/m0/s1. The van der Waals surface area contributed by atoms with Gasteiger partial charge in [0.1, 0.15) is 6.10 Å². The Bertz CT molecular complexity index is 1210. The molecule has 0 aromatic heterocycles. The Morgan fingerprint density at radius 2 is 2.06 bits per heavy atom. The molecule has 6 nitrogen and oxygen atoms in total. The molecule has 2 fully saturated rings. The highest BCUT2D eigenvalue weighted by Crippen LogP contribution is 2.65. The average molecular weight is 473 g/mol. The molecule has 182 valence electrons. The lowest BCUT2D eigenvalue weighted by Crippen LogP contribution is -2.78. The molecule has 2 N–H and O–H groups in total. The summed E-state index contributed by atoms with van der Waals surface area (Å²) in [6, 6.07) is 13.2. The van der Waals surface area contributed by atoms with Crippen molar-refractivity contribution in [2.75, 3.05) is 20.1 Å². The second kappa shape index (κ2) is 7.97. The van der Waals surface area contributed by atoms with E-state index in [0.29, 0.717) is 31.4 Å². The summed E-state index contributed by atoms with van der Waals surface area (Å²) in [4.78, 5) is 17.3. The number of phenolic OH excluding ortho intramolecular Hbond substituents is 1. The van der Waals surface area contributed by atoms with Crippen LogP contribution in [0.15, 0.2) is 61.2 Å². The highest BCUT2D eigenvalue weighted by Gasteiger charge is 2.73. The van der Waals surface area contributed by atoms with Crippen molar-refractivity contribution in [3.8, 4) is 11.5 Å². The molecule has 1 amide bonds. The number of carbonyl (C=O) groups excluding carboxylic acids is 1. The molecule has 2 aromatic rings. The number of hydrogen-bond donors (Lipinski definition) is 2. The second-order valence-electron chi connectivity index (χ2n) is 10.4. The lowest BCUT2D eigenvalue weighted by molar-refractivity contribution is -0.198. The van der Waals surface area contributed by atoms with Crippen LogP contribution in [0.3, 0.4) is 0 Å². The Kier molecular flexibility index (Phi) is 5.09. The van der Waals surface area contributed by atoms with Gasteiger partial charge in [0.15, 0.2) is 11.5 Å². The van der Waals surface area contributed by atoms with Crippen molar-refractivity contribution in [3.63, 3.8) is 0 Å². The maximum atomic E-state index is 13.2. The predicted molar refractivity (Wildman–Crippen MR) is 134 cm³/mol. The summed E-state index contributed by atoms with van der Waals surface area (Å²) in [5.41, 5.74) is 1.41. The van der Waals surface area contributed by atoms with Crippen LogP contribution in [-0.2, 0) is 16.6 Å². The summed E-state index contributed by atoms with van der Waals surface area (Å²) < 4.78 is 6.55. The van der Waals surface area contributed by atoms with Gasteiger partial charge >= 0.3 is 0 Å². The van der Waals surface area contributed by atoms with Gasteiger partial charge in [-0.1, -0.05) is 42.5 Å². The Morgan fingerprint density at radius 1 is 1.26 bits per heavy atom. The van der Waals surface area contributed by atoms with Gasteiger partial charge in [0.2, 0.25) is 5.91 Å². The van der Waals surface area contributed by atoms with Gasteiger partial charge in [0.05, 0.1) is 17.1 Å². The molecule has 2 aliphatic heterocycles. The summed E-state index contributed by atoms with van der Waals surface area (Å²) in [5, 5.41) is 23.2. The molecule has 2 aliphatic carbocycles. The van der Waals surface area contributed by atoms with E-state index in [1.165, 1.54) is 0 Å². The van der Waals surface area contributed by atoms with Gasteiger partial charge in [-0.25, -0.2) is 0 Å². The molecule has 0 unspecified atom stereocenters.